The summed E-state index contributed by atoms with van der Waals surface area (Å²) in [4.78, 5) is 83.7. The van der Waals surface area contributed by atoms with Crippen molar-refractivity contribution >= 4 is 79.0 Å². The summed E-state index contributed by atoms with van der Waals surface area (Å²) in [6.45, 7) is 17.5. The summed E-state index contributed by atoms with van der Waals surface area (Å²) in [5, 5.41) is 11.0. The van der Waals surface area contributed by atoms with E-state index in [4.69, 9.17) is 40.3 Å². The number of primary amides is 2. The van der Waals surface area contributed by atoms with Crippen molar-refractivity contribution in [3.63, 3.8) is 0 Å². The van der Waals surface area contributed by atoms with Crippen LogP contribution in [0.15, 0.2) is 36.4 Å². The number of quaternary nitrogens is 2. The number of hydrogen-bond donors (Lipinski definition) is 3. The van der Waals surface area contributed by atoms with Crippen LogP contribution in [0.2, 0.25) is 0 Å². The molecule has 4 rings (SSSR count). The van der Waals surface area contributed by atoms with Crippen LogP contribution in [-0.2, 0) is 40.0 Å². The van der Waals surface area contributed by atoms with Gasteiger partial charge < -0.3 is 77.2 Å². The first kappa shape index (κ1) is 70.8. The third-order valence-electron chi connectivity index (χ3n) is 9.89. The average Bonchev–Trinajstić information content (AvgIpc) is 3.71. The van der Waals surface area contributed by atoms with Crippen LogP contribution in [0.4, 0.5) is 0 Å². The van der Waals surface area contributed by atoms with E-state index in [9.17, 15) is 28.8 Å². The van der Waals surface area contributed by atoms with E-state index in [2.05, 4.69) is 63.2 Å². The number of alkyl halides is 1. The van der Waals surface area contributed by atoms with E-state index in [0.29, 0.717) is 45.7 Å². The van der Waals surface area contributed by atoms with Crippen LogP contribution in [0.5, 0.6) is 11.5 Å². The minimum absolute atomic E-state index is 0. The SMILES string of the molecule is CC(=O)[O-].C[N+](C)(C)CCCCCBr.Cc1[nH]c2cccc(OCC(=O)OC(C)(C)C)c2c1C(=O)C(N)=O.Cc1c(C(=O)C(N)=O)c2c(OCC(=O)OC(C)(C)C)cccc2n1CCCCC[N+](C)(C)C.[Br-].[H-].[Na+]. The Morgan fingerprint density at radius 1 is 0.671 bits per heavy atom. The first-order valence-corrected chi connectivity index (χ1v) is 24.7. The number of carbonyl (C=O) groups is 7. The standard InChI is InChI=1S/C25H37N3O5.C17H20N2O5.C8H19BrN.C2H4O2.BrH.Na.H/c1-17-21(23(30)24(26)31)22-18(27(17)14-9-8-10-15-28(5,6)7)12-11-13-19(22)32-16-20(29)33-25(2,3)4;1-9-13(15(21)16(18)22)14-10(19-9)6-5-7-11(14)23-8-12(20)24-17(2,3)4;1-10(2,3)8-6-4-5-7-9;1-2(3)4;;;/h11-13H,8-10,14-16H2,1-7H3,(H-,26,31);5-7,19H,8H2,1-4H3,(H2,18,22);4-8H2,1-3H3;1H3,(H,3,4);1H;;/q;;+1;;;+1;-1/p-1. The predicted octanol–water partition coefficient (Wildman–Crippen LogP) is 0.214. The molecule has 406 valence electrons. The van der Waals surface area contributed by atoms with Gasteiger partial charge >= 0.3 is 41.5 Å². The maximum absolute atomic E-state index is 12.7. The van der Waals surface area contributed by atoms with Gasteiger partial charge in [0.1, 0.15) is 22.7 Å². The fourth-order valence-electron chi connectivity index (χ4n) is 7.08. The zero-order chi connectivity index (χ0) is 54.7. The van der Waals surface area contributed by atoms with Gasteiger partial charge in [-0.15, -0.1) is 0 Å². The summed E-state index contributed by atoms with van der Waals surface area (Å²) in [6.07, 6.45) is 7.11. The van der Waals surface area contributed by atoms with Gasteiger partial charge in [-0.3, -0.25) is 19.2 Å². The van der Waals surface area contributed by atoms with Crippen molar-refractivity contribution in [1.82, 2.24) is 9.55 Å². The van der Waals surface area contributed by atoms with Gasteiger partial charge in [0.05, 0.1) is 88.3 Å². The Labute approximate surface area is 474 Å². The third-order valence-corrected chi connectivity index (χ3v) is 10.5. The second-order valence-corrected chi connectivity index (χ2v) is 21.8. The average molecular weight is 1170 g/mol. The zero-order valence-corrected chi connectivity index (χ0v) is 51.3. The molecular weight excluding hydrogens is 1080 g/mol. The number of hydrogen-bond acceptors (Lipinski definition) is 12. The van der Waals surface area contributed by atoms with Crippen molar-refractivity contribution in [3.05, 3.63) is 58.9 Å². The molecule has 2 aromatic carbocycles. The molecule has 0 unspecified atom stereocenters. The van der Waals surface area contributed by atoms with E-state index in [1.54, 1.807) is 85.7 Å². The molecule has 2 aromatic heterocycles. The molecule has 0 aliphatic heterocycles. The Kier molecular flexibility index (Phi) is 31.2. The van der Waals surface area contributed by atoms with Gasteiger partial charge in [-0.1, -0.05) is 28.1 Å². The Morgan fingerprint density at radius 3 is 1.49 bits per heavy atom. The number of amides is 2. The number of rotatable bonds is 21. The van der Waals surface area contributed by atoms with Gasteiger partial charge in [0, 0.05) is 29.2 Å². The quantitative estimate of drug-likeness (QED) is 0.0193. The van der Waals surface area contributed by atoms with E-state index >= 15 is 0 Å². The van der Waals surface area contributed by atoms with Gasteiger partial charge in [0.15, 0.2) is 13.2 Å². The first-order valence-electron chi connectivity index (χ1n) is 23.6. The summed E-state index contributed by atoms with van der Waals surface area (Å²) in [7, 11) is 13.2. The molecule has 0 fully saturated rings. The normalized spacial score (nSPS) is 11.2. The Morgan fingerprint density at radius 2 is 1.08 bits per heavy atom. The number of aliphatic carboxylic acids is 1. The van der Waals surface area contributed by atoms with Crippen LogP contribution in [-0.4, -0.2) is 145 Å². The number of aryl methyl sites for hydroxylation is 2. The fourth-order valence-corrected chi connectivity index (χ4v) is 7.48. The number of nitrogens with two attached hydrogens (primary N) is 2. The minimum atomic E-state index is -1.08. The minimum Gasteiger partial charge on any atom is -1.00 e. The zero-order valence-electron chi connectivity index (χ0n) is 47.1. The number of esters is 2. The number of nitrogens with one attached hydrogen (secondary N) is 1. The number of carboxylic acid groups (broad SMARTS) is 1. The first-order chi connectivity index (χ1) is 32.6. The molecule has 0 atom stereocenters. The largest absolute Gasteiger partial charge is 1.00 e. The van der Waals surface area contributed by atoms with Crippen molar-refractivity contribution in [2.24, 2.45) is 11.5 Å². The van der Waals surface area contributed by atoms with Gasteiger partial charge in [-0.25, -0.2) is 9.59 Å². The number of aromatic amines is 1. The molecule has 2 heterocycles. The number of benzene rings is 2. The second-order valence-electron chi connectivity index (χ2n) is 21.0. The molecule has 0 saturated carbocycles. The van der Waals surface area contributed by atoms with Crippen LogP contribution in [0, 0.1) is 13.8 Å². The summed E-state index contributed by atoms with van der Waals surface area (Å²) in [6, 6.07) is 10.4. The van der Waals surface area contributed by atoms with Gasteiger partial charge in [0.2, 0.25) is 0 Å². The van der Waals surface area contributed by atoms with Crippen LogP contribution in [0.3, 0.4) is 0 Å². The molecule has 0 bridgehead atoms. The molecule has 0 radical (unpaired) electrons. The number of ether oxygens (including phenoxy) is 4. The number of unbranched alkanes of at least 4 members (excludes halogenated alkanes) is 4. The number of fused-ring (bicyclic) bond motifs is 2. The maximum atomic E-state index is 12.7. The molecule has 21 heteroatoms. The molecule has 2 amide bonds. The number of nitrogens with zero attached hydrogens (tertiary/aromatic N) is 3. The Balaban J connectivity index is -0.00000107. The molecule has 0 spiro atoms. The van der Waals surface area contributed by atoms with Gasteiger partial charge in [-0.2, -0.15) is 0 Å². The number of H-pyrrole nitrogens is 1. The van der Waals surface area contributed by atoms with Crippen molar-refractivity contribution in [1.29, 1.82) is 0 Å². The Bertz CT molecular complexity index is 2460. The summed E-state index contributed by atoms with van der Waals surface area (Å²) in [5.74, 6) is -5.16. The molecule has 73 heavy (non-hydrogen) atoms. The van der Waals surface area contributed by atoms with Crippen LogP contribution in [0.25, 0.3) is 21.8 Å². The monoisotopic (exact) mass is 1160 g/mol. The van der Waals surface area contributed by atoms with E-state index in [1.165, 1.54) is 25.8 Å². The molecule has 0 saturated heterocycles. The van der Waals surface area contributed by atoms with Crippen molar-refractivity contribution in [2.75, 3.05) is 73.9 Å². The van der Waals surface area contributed by atoms with E-state index in [0.717, 1.165) is 52.5 Å². The van der Waals surface area contributed by atoms with Crippen molar-refractivity contribution < 1.29 is 115 Å². The number of carbonyl (C=O) groups excluding carboxylic acids is 7. The van der Waals surface area contributed by atoms with Gasteiger partial charge in [0.25, 0.3) is 23.4 Å². The number of carboxylic acids is 1. The number of aromatic nitrogens is 2. The molecule has 0 aliphatic carbocycles. The summed E-state index contributed by atoms with van der Waals surface area (Å²) < 4.78 is 25.8. The summed E-state index contributed by atoms with van der Waals surface area (Å²) in [5.41, 5.74) is 12.1. The number of halogens is 2. The molecule has 0 aliphatic rings. The molecule has 4 aromatic rings. The van der Waals surface area contributed by atoms with Crippen molar-refractivity contribution in [2.45, 2.75) is 119 Å². The van der Waals surface area contributed by atoms with E-state index in [1.807, 2.05) is 10.6 Å². The molecular formula is C52H81Br2N6NaO12. The Hall–Kier alpha value is -4.31. The predicted molar refractivity (Wildman–Crippen MR) is 279 cm³/mol. The fraction of sp³-hybridized carbons (Fsp3) is 0.558. The second kappa shape index (κ2) is 32.2. The van der Waals surface area contributed by atoms with Crippen LogP contribution in [0.1, 0.15) is 121 Å². The summed E-state index contributed by atoms with van der Waals surface area (Å²) >= 11 is 3.42. The smallest absolute Gasteiger partial charge is 1.00 e. The van der Waals surface area contributed by atoms with E-state index in [-0.39, 0.29) is 72.3 Å². The topological polar surface area (TPSA) is 252 Å². The number of ketones is 2. The molecule has 5 N–H and O–H groups in total. The van der Waals surface area contributed by atoms with Crippen LogP contribution >= 0.6 is 15.9 Å². The van der Waals surface area contributed by atoms with Gasteiger partial charge in [-0.05, 0) is 125 Å². The van der Waals surface area contributed by atoms with E-state index < -0.39 is 52.5 Å². The molecule has 18 nitrogen and oxygen atoms in total. The number of Topliss-reactive ketones (excluding diaryl/α,β-unsaturated/α-hetero) is 2. The third kappa shape index (κ3) is 27.2. The maximum Gasteiger partial charge on any atom is 1.00 e. The van der Waals surface area contributed by atoms with Crippen LogP contribution < -0.4 is 72.6 Å². The van der Waals surface area contributed by atoms with Crippen molar-refractivity contribution in [3.8, 4) is 11.5 Å².